The fourth-order valence-corrected chi connectivity index (χ4v) is 4.46. The SMILES string of the molecule is CNC(=O)[C@H]1COC2(CN(C(=O)c3cc4ccccc4[nH]3)C2)CN1CC1CC1. The van der Waals surface area contributed by atoms with Crippen LogP contribution in [0.25, 0.3) is 10.9 Å². The Bertz CT molecular complexity index is 880. The predicted octanol–water partition coefficient (Wildman–Crippen LogP) is 1.22. The quantitative estimate of drug-likeness (QED) is 0.834. The Hall–Kier alpha value is -2.38. The first-order valence-corrected chi connectivity index (χ1v) is 10.0. The number of likely N-dealkylation sites (N-methyl/N-ethyl adjacent to an activating group) is 1. The van der Waals surface area contributed by atoms with E-state index in [1.165, 1.54) is 12.8 Å². The van der Waals surface area contributed by atoms with E-state index in [-0.39, 0.29) is 23.5 Å². The number of ether oxygens (including phenoxy) is 1. The molecule has 7 nitrogen and oxygen atoms in total. The van der Waals surface area contributed by atoms with Gasteiger partial charge in [-0.3, -0.25) is 14.5 Å². The van der Waals surface area contributed by atoms with Crippen LogP contribution >= 0.6 is 0 Å². The standard InChI is InChI=1S/C21H26N4O3/c1-22-19(26)18-10-28-21(11-24(18)9-14-6-7-14)12-25(13-21)20(27)17-8-15-4-2-3-5-16(15)23-17/h2-5,8,14,18,23H,6-7,9-13H2,1H3,(H,22,26)/t18-/m1/s1. The normalized spacial score (nSPS) is 24.3. The molecule has 3 heterocycles. The molecule has 1 saturated carbocycles. The highest BCUT2D eigenvalue weighted by Gasteiger charge is 2.52. The molecule has 1 atom stereocenters. The number of morpholine rings is 1. The van der Waals surface area contributed by atoms with Crippen molar-refractivity contribution in [3.05, 3.63) is 36.0 Å². The van der Waals surface area contributed by atoms with E-state index < -0.39 is 0 Å². The molecular weight excluding hydrogens is 356 g/mol. The number of amides is 2. The second-order valence-corrected chi connectivity index (χ2v) is 8.43. The van der Waals surface area contributed by atoms with Gasteiger partial charge in [-0.2, -0.15) is 0 Å². The first kappa shape index (κ1) is 17.7. The number of rotatable bonds is 4. The highest BCUT2D eigenvalue weighted by atomic mass is 16.5. The highest BCUT2D eigenvalue weighted by Crippen LogP contribution is 2.36. The van der Waals surface area contributed by atoms with Gasteiger partial charge in [0.2, 0.25) is 5.91 Å². The molecule has 2 aromatic rings. The van der Waals surface area contributed by atoms with Crippen molar-refractivity contribution in [1.82, 2.24) is 20.1 Å². The zero-order chi connectivity index (χ0) is 19.3. The number of likely N-dealkylation sites (tertiary alicyclic amines) is 1. The van der Waals surface area contributed by atoms with Crippen LogP contribution in [0.15, 0.2) is 30.3 Å². The van der Waals surface area contributed by atoms with Gasteiger partial charge in [-0.1, -0.05) is 18.2 Å². The molecule has 1 aliphatic carbocycles. The van der Waals surface area contributed by atoms with E-state index in [0.29, 0.717) is 37.9 Å². The third-order valence-electron chi connectivity index (χ3n) is 6.22. The van der Waals surface area contributed by atoms with Gasteiger partial charge in [0.05, 0.1) is 19.7 Å². The van der Waals surface area contributed by atoms with Crippen molar-refractivity contribution >= 4 is 22.7 Å². The minimum absolute atomic E-state index is 0.00703. The smallest absolute Gasteiger partial charge is 0.270 e. The second kappa shape index (κ2) is 6.60. The van der Waals surface area contributed by atoms with Crippen molar-refractivity contribution in [1.29, 1.82) is 0 Å². The molecule has 0 bridgehead atoms. The molecule has 2 saturated heterocycles. The van der Waals surface area contributed by atoms with Gasteiger partial charge >= 0.3 is 0 Å². The molecule has 2 amide bonds. The lowest BCUT2D eigenvalue weighted by atomic mass is 9.89. The monoisotopic (exact) mass is 382 g/mol. The summed E-state index contributed by atoms with van der Waals surface area (Å²) >= 11 is 0. The lowest BCUT2D eigenvalue weighted by Gasteiger charge is -2.55. The van der Waals surface area contributed by atoms with Gasteiger partial charge in [-0.05, 0) is 30.9 Å². The number of hydrogen-bond donors (Lipinski definition) is 2. The van der Waals surface area contributed by atoms with Crippen LogP contribution in [0.2, 0.25) is 0 Å². The molecule has 3 aliphatic rings. The molecule has 5 rings (SSSR count). The summed E-state index contributed by atoms with van der Waals surface area (Å²) in [5, 5.41) is 3.79. The molecule has 0 radical (unpaired) electrons. The van der Waals surface area contributed by atoms with Crippen molar-refractivity contribution in [3.8, 4) is 0 Å². The molecule has 1 aromatic heterocycles. The predicted molar refractivity (Wildman–Crippen MR) is 105 cm³/mol. The number of para-hydroxylation sites is 1. The summed E-state index contributed by atoms with van der Waals surface area (Å²) in [6, 6.07) is 9.58. The van der Waals surface area contributed by atoms with Crippen molar-refractivity contribution in [2.24, 2.45) is 5.92 Å². The van der Waals surface area contributed by atoms with Crippen LogP contribution in [0.3, 0.4) is 0 Å². The fraction of sp³-hybridized carbons (Fsp3) is 0.524. The van der Waals surface area contributed by atoms with E-state index >= 15 is 0 Å². The van der Waals surface area contributed by atoms with Crippen molar-refractivity contribution < 1.29 is 14.3 Å². The number of benzene rings is 1. The van der Waals surface area contributed by atoms with Crippen LogP contribution in [0.4, 0.5) is 0 Å². The number of hydrogen-bond acceptors (Lipinski definition) is 4. The first-order chi connectivity index (χ1) is 13.6. The molecular formula is C21H26N4O3. The Balaban J connectivity index is 1.26. The molecule has 148 valence electrons. The zero-order valence-corrected chi connectivity index (χ0v) is 16.1. The largest absolute Gasteiger partial charge is 0.368 e. The van der Waals surface area contributed by atoms with E-state index in [9.17, 15) is 9.59 Å². The van der Waals surface area contributed by atoms with Gasteiger partial charge in [0.25, 0.3) is 5.91 Å². The Morgan fingerprint density at radius 3 is 2.75 bits per heavy atom. The topological polar surface area (TPSA) is 77.7 Å². The van der Waals surface area contributed by atoms with Crippen LogP contribution in [0.5, 0.6) is 0 Å². The van der Waals surface area contributed by atoms with E-state index in [2.05, 4.69) is 15.2 Å². The van der Waals surface area contributed by atoms with E-state index in [0.717, 1.165) is 17.4 Å². The Kier molecular flexibility index (Phi) is 4.17. The number of carbonyl (C=O) groups is 2. The zero-order valence-electron chi connectivity index (χ0n) is 16.1. The van der Waals surface area contributed by atoms with Gasteiger partial charge in [0, 0.05) is 31.0 Å². The van der Waals surface area contributed by atoms with Gasteiger partial charge in [-0.25, -0.2) is 0 Å². The number of aromatic nitrogens is 1. The maximum atomic E-state index is 12.9. The van der Waals surface area contributed by atoms with Crippen LogP contribution in [-0.2, 0) is 9.53 Å². The molecule has 3 fully saturated rings. The average Bonchev–Trinajstić information content (AvgIpc) is 3.39. The average molecular weight is 382 g/mol. The summed E-state index contributed by atoms with van der Waals surface area (Å²) in [6.07, 6.45) is 2.49. The lowest BCUT2D eigenvalue weighted by Crippen LogP contribution is -2.73. The molecule has 28 heavy (non-hydrogen) atoms. The maximum Gasteiger partial charge on any atom is 0.270 e. The molecule has 2 N–H and O–H groups in total. The third kappa shape index (κ3) is 3.08. The van der Waals surface area contributed by atoms with E-state index in [1.54, 1.807) is 7.05 Å². The first-order valence-electron chi connectivity index (χ1n) is 10.0. The van der Waals surface area contributed by atoms with Crippen molar-refractivity contribution in [2.45, 2.75) is 24.5 Å². The number of carbonyl (C=O) groups excluding carboxylic acids is 2. The lowest BCUT2D eigenvalue weighted by molar-refractivity contribution is -0.191. The molecule has 0 unspecified atom stereocenters. The van der Waals surface area contributed by atoms with Gasteiger partial charge in [0.1, 0.15) is 17.3 Å². The van der Waals surface area contributed by atoms with Gasteiger partial charge in [-0.15, -0.1) is 0 Å². The minimum Gasteiger partial charge on any atom is -0.368 e. The van der Waals surface area contributed by atoms with Crippen LogP contribution in [-0.4, -0.2) is 78.1 Å². The summed E-state index contributed by atoms with van der Waals surface area (Å²) in [5.74, 6) is 0.722. The fourth-order valence-electron chi connectivity index (χ4n) is 4.46. The van der Waals surface area contributed by atoms with E-state index in [1.807, 2.05) is 35.2 Å². The molecule has 1 spiro atoms. The maximum absolute atomic E-state index is 12.9. The van der Waals surface area contributed by atoms with Crippen LogP contribution in [0, 0.1) is 5.92 Å². The van der Waals surface area contributed by atoms with Crippen molar-refractivity contribution in [3.63, 3.8) is 0 Å². The number of fused-ring (bicyclic) bond motifs is 1. The van der Waals surface area contributed by atoms with Crippen molar-refractivity contribution in [2.75, 3.05) is 39.8 Å². The molecule has 2 aliphatic heterocycles. The Labute approximate surface area is 164 Å². The van der Waals surface area contributed by atoms with Gasteiger partial charge < -0.3 is 19.9 Å². The third-order valence-corrected chi connectivity index (χ3v) is 6.22. The number of nitrogens with one attached hydrogen (secondary N) is 2. The summed E-state index contributed by atoms with van der Waals surface area (Å²) in [7, 11) is 1.67. The number of aromatic amines is 1. The Morgan fingerprint density at radius 2 is 2.04 bits per heavy atom. The van der Waals surface area contributed by atoms with Crippen LogP contribution in [0.1, 0.15) is 23.3 Å². The van der Waals surface area contributed by atoms with Crippen LogP contribution < -0.4 is 5.32 Å². The summed E-state index contributed by atoms with van der Waals surface area (Å²) in [6.45, 7) is 3.18. The number of nitrogens with zero attached hydrogens (tertiary/aromatic N) is 2. The number of H-pyrrole nitrogens is 1. The minimum atomic E-state index is -0.346. The highest BCUT2D eigenvalue weighted by molar-refractivity contribution is 5.98. The summed E-state index contributed by atoms with van der Waals surface area (Å²) in [5.41, 5.74) is 1.24. The van der Waals surface area contributed by atoms with Gasteiger partial charge in [0.15, 0.2) is 0 Å². The second-order valence-electron chi connectivity index (χ2n) is 8.43. The molecule has 1 aromatic carbocycles. The Morgan fingerprint density at radius 1 is 1.25 bits per heavy atom. The summed E-state index contributed by atoms with van der Waals surface area (Å²) in [4.78, 5) is 32.4. The van der Waals surface area contributed by atoms with E-state index in [4.69, 9.17) is 4.74 Å². The molecule has 7 heteroatoms. The summed E-state index contributed by atoms with van der Waals surface area (Å²) < 4.78 is 6.14.